The number of carboxylic acid groups (broad SMARTS) is 2. The summed E-state index contributed by atoms with van der Waals surface area (Å²) >= 11 is 4.20. The number of carbonyl (C=O) groups is 4. The van der Waals surface area contributed by atoms with Crippen LogP contribution in [0.25, 0.3) is 10.9 Å². The highest BCUT2D eigenvalue weighted by atomic mass is 32.1. The minimum absolute atomic E-state index is 0.00941. The lowest BCUT2D eigenvalue weighted by Crippen LogP contribution is -2.54. The van der Waals surface area contributed by atoms with Crippen molar-refractivity contribution in [2.45, 2.75) is 56.4 Å². The van der Waals surface area contributed by atoms with E-state index in [1.807, 2.05) is 31.2 Å². The number of fused-ring (bicyclic) bond motifs is 1. The Morgan fingerprint density at radius 2 is 1.74 bits per heavy atom. The number of unbranched alkanes of at least 4 members (excludes halogenated alkanes) is 1. The van der Waals surface area contributed by atoms with Gasteiger partial charge in [-0.05, 0) is 18.1 Å². The van der Waals surface area contributed by atoms with E-state index in [9.17, 15) is 24.3 Å². The highest BCUT2D eigenvalue weighted by molar-refractivity contribution is 7.81. The van der Waals surface area contributed by atoms with Gasteiger partial charge in [-0.1, -0.05) is 38.0 Å². The molecule has 1 aromatic carbocycles. The molecule has 168 valence electrons. The zero-order valence-corrected chi connectivity index (χ0v) is 18.0. The number of nitrogens with one attached hydrogen (secondary N) is 3. The highest BCUT2D eigenvalue weighted by Gasteiger charge is 2.30. The molecule has 0 fully saturated rings. The van der Waals surface area contributed by atoms with E-state index >= 15 is 0 Å². The minimum Gasteiger partial charge on any atom is -0.481 e. The van der Waals surface area contributed by atoms with Crippen LogP contribution in [0.1, 0.15) is 38.2 Å². The Hall–Kier alpha value is -3.01. The lowest BCUT2D eigenvalue weighted by atomic mass is 10.0. The molecule has 0 aliphatic carbocycles. The lowest BCUT2D eigenvalue weighted by molar-refractivity contribution is -0.143. The molecule has 0 saturated heterocycles. The third-order valence-corrected chi connectivity index (χ3v) is 5.35. The average Bonchev–Trinajstić information content (AvgIpc) is 3.13. The van der Waals surface area contributed by atoms with Crippen molar-refractivity contribution in [1.82, 2.24) is 15.6 Å². The van der Waals surface area contributed by atoms with E-state index in [0.29, 0.717) is 12.0 Å². The molecule has 0 aliphatic heterocycles. The Labute approximate surface area is 185 Å². The second-order valence-electron chi connectivity index (χ2n) is 7.28. The minimum atomic E-state index is -1.41. The first-order chi connectivity index (χ1) is 14.7. The number of benzene rings is 1. The summed E-state index contributed by atoms with van der Waals surface area (Å²) in [6, 6.07) is 4.63. The molecule has 1 aromatic heterocycles. The van der Waals surface area contributed by atoms with Crippen molar-refractivity contribution >= 4 is 47.3 Å². The van der Waals surface area contributed by atoms with E-state index in [1.54, 1.807) is 6.20 Å². The highest BCUT2D eigenvalue weighted by Crippen LogP contribution is 2.19. The number of carboxylic acids is 2. The van der Waals surface area contributed by atoms with E-state index in [0.717, 1.165) is 23.7 Å². The monoisotopic (exact) mass is 449 g/mol. The van der Waals surface area contributed by atoms with E-state index in [4.69, 9.17) is 5.11 Å². The van der Waals surface area contributed by atoms with Gasteiger partial charge >= 0.3 is 11.9 Å². The standard InChI is InChI=1S/C21H27N3O6S/c1-2-3-8-17(31)20(28)23-15(10-18(25)26)19(27)24-16(21(29)30)9-12-11-22-14-7-5-4-6-13(12)14/h4-7,11,15-17,22,31H,2-3,8-10H2,1H3,(H,23,28)(H,24,27)(H,25,26)(H,29,30)/t15?,16-,17-/m0/s1. The van der Waals surface area contributed by atoms with E-state index in [-0.39, 0.29) is 6.42 Å². The molecule has 2 rings (SSSR count). The van der Waals surface area contributed by atoms with Gasteiger partial charge in [-0.15, -0.1) is 0 Å². The molecule has 3 atom stereocenters. The van der Waals surface area contributed by atoms with Crippen LogP contribution in [0.3, 0.4) is 0 Å². The molecular formula is C21H27N3O6S. The van der Waals surface area contributed by atoms with Crippen molar-refractivity contribution in [1.29, 1.82) is 0 Å². The number of hydrogen-bond acceptors (Lipinski definition) is 5. The Morgan fingerprint density at radius 1 is 1.06 bits per heavy atom. The number of para-hydroxylation sites is 1. The van der Waals surface area contributed by atoms with Crippen molar-refractivity contribution in [3.63, 3.8) is 0 Å². The van der Waals surface area contributed by atoms with Gasteiger partial charge in [0, 0.05) is 23.5 Å². The van der Waals surface area contributed by atoms with Gasteiger partial charge < -0.3 is 25.8 Å². The summed E-state index contributed by atoms with van der Waals surface area (Å²) in [6.45, 7) is 1.96. The molecule has 10 heteroatoms. The fourth-order valence-corrected chi connectivity index (χ4v) is 3.43. The third kappa shape index (κ3) is 7.02. The maximum absolute atomic E-state index is 12.7. The summed E-state index contributed by atoms with van der Waals surface area (Å²) in [5.74, 6) is -4.01. The predicted molar refractivity (Wildman–Crippen MR) is 118 cm³/mol. The molecule has 1 unspecified atom stereocenters. The maximum atomic E-state index is 12.7. The molecule has 0 spiro atoms. The van der Waals surface area contributed by atoms with Gasteiger partial charge in [-0.3, -0.25) is 14.4 Å². The average molecular weight is 450 g/mol. The van der Waals surface area contributed by atoms with E-state index in [1.165, 1.54) is 0 Å². The number of H-pyrrole nitrogens is 1. The topological polar surface area (TPSA) is 149 Å². The second-order valence-corrected chi connectivity index (χ2v) is 7.90. The van der Waals surface area contributed by atoms with Crippen molar-refractivity contribution in [2.24, 2.45) is 0 Å². The normalized spacial score (nSPS) is 13.9. The molecule has 9 nitrogen and oxygen atoms in total. The SMILES string of the molecule is CCCC[C@H](S)C(=O)NC(CC(=O)O)C(=O)N[C@@H](Cc1c[nH]c2ccccc12)C(=O)O. The van der Waals surface area contributed by atoms with Crippen LogP contribution in [0.5, 0.6) is 0 Å². The van der Waals surface area contributed by atoms with Gasteiger partial charge in [0.15, 0.2) is 0 Å². The summed E-state index contributed by atoms with van der Waals surface area (Å²) < 4.78 is 0. The van der Waals surface area contributed by atoms with Crippen molar-refractivity contribution in [3.05, 3.63) is 36.0 Å². The van der Waals surface area contributed by atoms with Crippen LogP contribution in [0, 0.1) is 0 Å². The molecule has 0 radical (unpaired) electrons. The van der Waals surface area contributed by atoms with Crippen LogP contribution in [-0.2, 0) is 25.6 Å². The Kier molecular flexibility index (Phi) is 8.92. The van der Waals surface area contributed by atoms with Gasteiger partial charge in [0.05, 0.1) is 11.7 Å². The fraction of sp³-hybridized carbons (Fsp3) is 0.429. The maximum Gasteiger partial charge on any atom is 0.326 e. The van der Waals surface area contributed by atoms with Crippen LogP contribution in [0.2, 0.25) is 0 Å². The molecule has 1 heterocycles. The number of aliphatic carboxylic acids is 2. The lowest BCUT2D eigenvalue weighted by Gasteiger charge is -2.21. The largest absolute Gasteiger partial charge is 0.481 e. The summed E-state index contributed by atoms with van der Waals surface area (Å²) in [7, 11) is 0. The van der Waals surface area contributed by atoms with Crippen LogP contribution in [-0.4, -0.2) is 56.3 Å². The van der Waals surface area contributed by atoms with Crippen LogP contribution in [0.4, 0.5) is 0 Å². The predicted octanol–water partition coefficient (Wildman–Crippen LogP) is 1.73. The Bertz CT molecular complexity index is 944. The van der Waals surface area contributed by atoms with Crippen molar-refractivity contribution in [2.75, 3.05) is 0 Å². The van der Waals surface area contributed by atoms with Crippen molar-refractivity contribution < 1.29 is 29.4 Å². The Morgan fingerprint density at radius 3 is 2.39 bits per heavy atom. The number of hydrogen-bond donors (Lipinski definition) is 6. The molecule has 5 N–H and O–H groups in total. The van der Waals surface area contributed by atoms with Gasteiger partial charge in [0.25, 0.3) is 0 Å². The van der Waals surface area contributed by atoms with Crippen LogP contribution < -0.4 is 10.6 Å². The molecule has 2 aromatic rings. The van der Waals surface area contributed by atoms with Crippen LogP contribution in [0.15, 0.2) is 30.5 Å². The second kappa shape index (κ2) is 11.4. The van der Waals surface area contributed by atoms with Gasteiger partial charge in [-0.2, -0.15) is 12.6 Å². The smallest absolute Gasteiger partial charge is 0.326 e. The molecule has 0 saturated carbocycles. The number of aromatic nitrogens is 1. The van der Waals surface area contributed by atoms with Gasteiger partial charge in [0.2, 0.25) is 11.8 Å². The van der Waals surface area contributed by atoms with E-state index < -0.39 is 47.5 Å². The molecule has 0 aliphatic rings. The summed E-state index contributed by atoms with van der Waals surface area (Å²) in [5, 5.41) is 23.6. The zero-order valence-electron chi connectivity index (χ0n) is 17.1. The number of aromatic amines is 1. The summed E-state index contributed by atoms with van der Waals surface area (Å²) in [6.07, 6.45) is 3.07. The first kappa shape index (κ1) is 24.3. The van der Waals surface area contributed by atoms with Gasteiger partial charge in [0.1, 0.15) is 12.1 Å². The zero-order chi connectivity index (χ0) is 23.0. The quantitative estimate of drug-likeness (QED) is 0.272. The third-order valence-electron chi connectivity index (χ3n) is 4.86. The molecule has 31 heavy (non-hydrogen) atoms. The van der Waals surface area contributed by atoms with Crippen molar-refractivity contribution in [3.8, 4) is 0 Å². The summed E-state index contributed by atoms with van der Waals surface area (Å²) in [4.78, 5) is 50.9. The van der Waals surface area contributed by atoms with Gasteiger partial charge in [-0.25, -0.2) is 4.79 Å². The molecule has 2 amide bonds. The fourth-order valence-electron chi connectivity index (χ4n) is 3.17. The summed E-state index contributed by atoms with van der Waals surface area (Å²) in [5.41, 5.74) is 1.52. The van der Waals surface area contributed by atoms with E-state index in [2.05, 4.69) is 28.2 Å². The van der Waals surface area contributed by atoms with Crippen LogP contribution >= 0.6 is 12.6 Å². The molecule has 0 bridgehead atoms. The molecular weight excluding hydrogens is 422 g/mol. The Balaban J connectivity index is 2.11. The first-order valence-corrected chi connectivity index (χ1v) is 10.5. The number of amides is 2. The number of thiol groups is 1. The first-order valence-electron chi connectivity index (χ1n) is 10.0. The number of rotatable bonds is 12. The number of carbonyl (C=O) groups excluding carboxylic acids is 2.